The molecule has 1 atom stereocenters. The van der Waals surface area contributed by atoms with Crippen LogP contribution in [-0.2, 0) is 41.4 Å². The SMILES string of the molecule is COCCOCCOC(=O)CN1CCN(C2CCN(C(=O)[C@@H](Cc3cc(C)c(O)c(C)c3)OC(=O)N3CCC(N4CCc5ccccc5NC4=O)CC3)CC2)CC1. The van der Waals surface area contributed by atoms with Gasteiger partial charge in [0.25, 0.3) is 5.91 Å². The van der Waals surface area contributed by atoms with Crippen LogP contribution in [0.4, 0.5) is 15.3 Å². The van der Waals surface area contributed by atoms with Crippen molar-refractivity contribution >= 4 is 29.7 Å². The number of anilines is 1. The van der Waals surface area contributed by atoms with Gasteiger partial charge in [0.15, 0.2) is 6.10 Å². The van der Waals surface area contributed by atoms with Crippen LogP contribution in [0.25, 0.3) is 0 Å². The van der Waals surface area contributed by atoms with E-state index in [1.54, 1.807) is 12.0 Å². The molecule has 0 radical (unpaired) electrons. The van der Waals surface area contributed by atoms with Gasteiger partial charge in [-0.25, -0.2) is 9.59 Å². The number of aromatic hydroxyl groups is 1. The normalized spacial score (nSPS) is 19.4. The van der Waals surface area contributed by atoms with E-state index in [0.29, 0.717) is 82.6 Å². The highest BCUT2D eigenvalue weighted by Crippen LogP contribution is 2.28. The number of para-hydroxylation sites is 1. The molecule has 4 aliphatic heterocycles. The molecule has 3 saturated heterocycles. The average Bonchev–Trinajstić information content (AvgIpc) is 3.39. The van der Waals surface area contributed by atoms with Crippen LogP contribution in [0.15, 0.2) is 36.4 Å². The third-order valence-corrected chi connectivity index (χ3v) is 11.8. The highest BCUT2D eigenvalue weighted by atomic mass is 16.6. The Balaban J connectivity index is 0.992. The molecule has 0 aromatic heterocycles. The number of piperidine rings is 2. The number of hydrogen-bond donors (Lipinski definition) is 2. The van der Waals surface area contributed by atoms with Gasteiger partial charge in [-0.1, -0.05) is 30.3 Å². The molecule has 0 spiro atoms. The molecule has 15 nitrogen and oxygen atoms in total. The van der Waals surface area contributed by atoms with E-state index >= 15 is 0 Å². The number of nitrogens with zero attached hydrogens (tertiary/aromatic N) is 5. The Morgan fingerprint density at radius 1 is 0.825 bits per heavy atom. The molecule has 15 heteroatoms. The number of phenolic OH excluding ortho intramolecular Hbond substituents is 1. The number of likely N-dealkylation sites (tertiary alicyclic amines) is 2. The first-order chi connectivity index (χ1) is 27.6. The molecular weight excluding hydrogens is 732 g/mol. The number of urea groups is 1. The number of benzene rings is 2. The highest BCUT2D eigenvalue weighted by Gasteiger charge is 2.37. The second-order valence-electron chi connectivity index (χ2n) is 15.6. The molecule has 6 rings (SSSR count). The number of rotatable bonds is 14. The van der Waals surface area contributed by atoms with Gasteiger partial charge in [-0.15, -0.1) is 0 Å². The third-order valence-electron chi connectivity index (χ3n) is 11.8. The minimum absolute atomic E-state index is 0.00787. The number of carbonyl (C=O) groups excluding carboxylic acids is 4. The number of carbonyl (C=O) groups is 4. The predicted octanol–water partition coefficient (Wildman–Crippen LogP) is 3.43. The van der Waals surface area contributed by atoms with E-state index in [2.05, 4.69) is 15.1 Å². The van der Waals surface area contributed by atoms with Crippen molar-refractivity contribution in [1.29, 1.82) is 0 Å². The Bertz CT molecular complexity index is 1660. The van der Waals surface area contributed by atoms with Crippen LogP contribution in [0.2, 0.25) is 0 Å². The number of amides is 4. The molecule has 4 heterocycles. The fourth-order valence-electron chi connectivity index (χ4n) is 8.48. The molecule has 312 valence electrons. The molecule has 2 aromatic rings. The molecule has 2 aromatic carbocycles. The summed E-state index contributed by atoms with van der Waals surface area (Å²) in [5.74, 6) is -0.254. The van der Waals surface area contributed by atoms with Gasteiger partial charge in [0.05, 0.1) is 26.4 Å². The molecule has 2 N–H and O–H groups in total. The smallest absolute Gasteiger partial charge is 0.410 e. The topological polar surface area (TPSA) is 154 Å². The molecule has 4 aliphatic rings. The average molecular weight is 793 g/mol. The van der Waals surface area contributed by atoms with E-state index in [1.165, 1.54) is 0 Å². The number of aryl methyl sites for hydroxylation is 2. The molecule has 0 bridgehead atoms. The molecular formula is C42H60N6O9. The van der Waals surface area contributed by atoms with Crippen molar-refractivity contribution in [2.24, 2.45) is 0 Å². The van der Waals surface area contributed by atoms with Gasteiger partial charge in [0.2, 0.25) is 0 Å². The first-order valence-corrected chi connectivity index (χ1v) is 20.5. The highest BCUT2D eigenvalue weighted by molar-refractivity contribution is 5.91. The van der Waals surface area contributed by atoms with Gasteiger partial charge in [-0.3, -0.25) is 19.4 Å². The molecule has 4 amide bonds. The molecule has 3 fully saturated rings. The first-order valence-electron chi connectivity index (χ1n) is 20.5. The van der Waals surface area contributed by atoms with Crippen molar-refractivity contribution in [3.8, 4) is 5.75 Å². The lowest BCUT2D eigenvalue weighted by Gasteiger charge is -2.43. The zero-order valence-corrected chi connectivity index (χ0v) is 33.8. The Kier molecular flexibility index (Phi) is 15.0. The maximum atomic E-state index is 14.2. The largest absolute Gasteiger partial charge is 0.507 e. The van der Waals surface area contributed by atoms with Crippen LogP contribution in [0, 0.1) is 13.8 Å². The van der Waals surface area contributed by atoms with E-state index in [1.807, 2.05) is 60.0 Å². The second-order valence-corrected chi connectivity index (χ2v) is 15.6. The Hall–Kier alpha value is -4.44. The maximum Gasteiger partial charge on any atom is 0.410 e. The van der Waals surface area contributed by atoms with E-state index in [4.69, 9.17) is 18.9 Å². The fourth-order valence-corrected chi connectivity index (χ4v) is 8.48. The van der Waals surface area contributed by atoms with Crippen LogP contribution in [-0.4, -0.2) is 171 Å². The summed E-state index contributed by atoms with van der Waals surface area (Å²) >= 11 is 0. The molecule has 0 aliphatic carbocycles. The molecule has 57 heavy (non-hydrogen) atoms. The van der Waals surface area contributed by atoms with E-state index in [0.717, 1.165) is 62.3 Å². The molecule has 0 unspecified atom stereocenters. The number of esters is 1. The van der Waals surface area contributed by atoms with Crippen LogP contribution < -0.4 is 5.32 Å². The standard InChI is InChI=1S/C42H60N6O9/c1-30-26-32(27-31(2)39(30)50)28-37(57-42(53)47-15-11-35(12-16-47)48-17-8-33-6-4-5-7-36(33)43-41(48)52)40(51)46-13-9-34(10-14-46)45-20-18-44(19-21-45)29-38(49)56-25-24-55-23-22-54-3/h4-7,26-27,34-35,37,50H,8-25,28-29H2,1-3H3,(H,43,52)/t37-/m1/s1. The number of piperazine rings is 1. The number of fused-ring (bicyclic) bond motifs is 1. The van der Waals surface area contributed by atoms with Gasteiger partial charge >= 0.3 is 18.1 Å². The minimum Gasteiger partial charge on any atom is -0.507 e. The monoisotopic (exact) mass is 792 g/mol. The summed E-state index contributed by atoms with van der Waals surface area (Å²) in [7, 11) is 1.61. The van der Waals surface area contributed by atoms with Crippen molar-refractivity contribution in [3.63, 3.8) is 0 Å². The van der Waals surface area contributed by atoms with Gasteiger partial charge < -0.3 is 44.1 Å². The first kappa shape index (κ1) is 42.2. The van der Waals surface area contributed by atoms with Crippen molar-refractivity contribution in [3.05, 3.63) is 58.7 Å². The van der Waals surface area contributed by atoms with Gasteiger partial charge in [-0.2, -0.15) is 0 Å². The summed E-state index contributed by atoms with van der Waals surface area (Å²) < 4.78 is 21.7. The predicted molar refractivity (Wildman–Crippen MR) is 213 cm³/mol. The lowest BCUT2D eigenvalue weighted by Crippen LogP contribution is -2.55. The minimum atomic E-state index is -1.02. The second kappa shape index (κ2) is 20.3. The van der Waals surface area contributed by atoms with Crippen molar-refractivity contribution < 1.29 is 43.2 Å². The number of hydrogen-bond acceptors (Lipinski definition) is 11. The summed E-state index contributed by atoms with van der Waals surface area (Å²) in [6.07, 6.45) is 2.24. The maximum absolute atomic E-state index is 14.2. The summed E-state index contributed by atoms with van der Waals surface area (Å²) in [4.78, 5) is 63.3. The lowest BCUT2D eigenvalue weighted by molar-refractivity contribution is -0.147. The number of methoxy groups -OCH3 is 1. The van der Waals surface area contributed by atoms with E-state index in [9.17, 15) is 24.3 Å². The Morgan fingerprint density at radius 3 is 2.18 bits per heavy atom. The summed E-state index contributed by atoms with van der Waals surface area (Å²) in [5, 5.41) is 13.4. The number of nitrogens with one attached hydrogen (secondary N) is 1. The van der Waals surface area contributed by atoms with Crippen LogP contribution in [0.1, 0.15) is 47.9 Å². The van der Waals surface area contributed by atoms with Gasteiger partial charge in [-0.05, 0) is 74.3 Å². The van der Waals surface area contributed by atoms with E-state index < -0.39 is 12.2 Å². The Morgan fingerprint density at radius 2 is 1.47 bits per heavy atom. The number of ether oxygens (including phenoxy) is 4. The summed E-state index contributed by atoms with van der Waals surface area (Å²) in [6, 6.07) is 11.7. The van der Waals surface area contributed by atoms with E-state index in [-0.39, 0.29) is 49.3 Å². The van der Waals surface area contributed by atoms with Crippen molar-refractivity contribution in [2.75, 3.05) is 104 Å². The van der Waals surface area contributed by atoms with Crippen LogP contribution >= 0.6 is 0 Å². The fraction of sp³-hybridized carbons (Fsp3) is 0.619. The van der Waals surface area contributed by atoms with Crippen molar-refractivity contribution in [1.82, 2.24) is 24.5 Å². The molecule has 0 saturated carbocycles. The summed E-state index contributed by atoms with van der Waals surface area (Å²) in [5.41, 5.74) is 4.17. The third kappa shape index (κ3) is 11.4. The van der Waals surface area contributed by atoms with Crippen LogP contribution in [0.5, 0.6) is 5.75 Å². The van der Waals surface area contributed by atoms with Gasteiger partial charge in [0.1, 0.15) is 12.4 Å². The lowest BCUT2D eigenvalue weighted by atomic mass is 9.98. The quantitative estimate of drug-likeness (QED) is 0.214. The number of phenols is 1. The zero-order chi connectivity index (χ0) is 40.3. The zero-order valence-electron chi connectivity index (χ0n) is 33.8. The summed E-state index contributed by atoms with van der Waals surface area (Å²) in [6.45, 7) is 11.2. The van der Waals surface area contributed by atoms with Gasteiger partial charge in [0, 0.05) is 90.2 Å². The van der Waals surface area contributed by atoms with Crippen LogP contribution in [0.3, 0.4) is 0 Å². The van der Waals surface area contributed by atoms with Crippen molar-refractivity contribution in [2.45, 2.75) is 70.6 Å². The Labute approximate surface area is 336 Å².